The Morgan fingerprint density at radius 2 is 1.63 bits per heavy atom. The average Bonchev–Trinajstić information content (AvgIpc) is 3.19. The minimum Gasteiger partial charge on any atom is -0.490 e. The van der Waals surface area contributed by atoms with Crippen molar-refractivity contribution in [2.24, 2.45) is 0 Å². The fourth-order valence-electron chi connectivity index (χ4n) is 5.09. The zero-order valence-corrected chi connectivity index (χ0v) is 21.0. The minimum absolute atomic E-state index is 0.0543. The summed E-state index contributed by atoms with van der Waals surface area (Å²) in [7, 11) is -3.54. The second-order valence-corrected chi connectivity index (χ2v) is 11.4. The molecular formula is C26H33N3O5S. The smallest absolute Gasteiger partial charge is 0.243 e. The molecule has 0 aliphatic carbocycles. The largest absolute Gasteiger partial charge is 0.490 e. The number of nitrogens with zero attached hydrogens (tertiary/aromatic N) is 3. The number of rotatable bonds is 5. The van der Waals surface area contributed by atoms with E-state index in [4.69, 9.17) is 9.47 Å². The maximum Gasteiger partial charge on any atom is 0.243 e. The van der Waals surface area contributed by atoms with Gasteiger partial charge in [-0.05, 0) is 56.1 Å². The van der Waals surface area contributed by atoms with Crippen molar-refractivity contribution in [1.82, 2.24) is 14.1 Å². The summed E-state index contributed by atoms with van der Waals surface area (Å²) >= 11 is 0. The van der Waals surface area contributed by atoms with Gasteiger partial charge in [-0.1, -0.05) is 23.8 Å². The van der Waals surface area contributed by atoms with E-state index in [9.17, 15) is 13.2 Å². The van der Waals surface area contributed by atoms with Gasteiger partial charge in [0.1, 0.15) is 0 Å². The Balaban J connectivity index is 1.19. The number of benzene rings is 2. The fraction of sp³-hybridized carbons (Fsp3) is 0.500. The number of ether oxygens (including phenoxy) is 2. The monoisotopic (exact) mass is 499 g/mol. The van der Waals surface area contributed by atoms with E-state index in [0.717, 1.165) is 48.4 Å². The minimum atomic E-state index is -3.54. The zero-order chi connectivity index (χ0) is 24.4. The summed E-state index contributed by atoms with van der Waals surface area (Å²) < 4.78 is 39.0. The molecule has 0 N–H and O–H groups in total. The van der Waals surface area contributed by atoms with Crippen LogP contribution in [0.2, 0.25) is 0 Å². The molecule has 2 aromatic rings. The van der Waals surface area contributed by atoms with Crippen molar-refractivity contribution < 1.29 is 22.7 Å². The number of likely N-dealkylation sites (tertiary alicyclic amines) is 1. The standard InChI is InChI=1S/C26H33N3O5S/c1-20-5-8-22(9-6-20)35(31,32)29-14-12-27(13-15-29)26(30)19-28-11-2-4-23(28)21-7-10-24-25(18-21)34-17-3-16-33-24/h5-10,18,23H,2-4,11-17,19H2,1H3. The van der Waals surface area contributed by atoms with Crippen LogP contribution >= 0.6 is 0 Å². The third kappa shape index (κ3) is 5.17. The highest BCUT2D eigenvalue weighted by molar-refractivity contribution is 7.89. The number of hydrogen-bond donors (Lipinski definition) is 0. The summed E-state index contributed by atoms with van der Waals surface area (Å²) in [6.07, 6.45) is 2.90. The summed E-state index contributed by atoms with van der Waals surface area (Å²) in [5.74, 6) is 1.62. The summed E-state index contributed by atoms with van der Waals surface area (Å²) in [6.45, 7) is 5.89. The van der Waals surface area contributed by atoms with Gasteiger partial charge in [-0.2, -0.15) is 4.31 Å². The van der Waals surface area contributed by atoms with E-state index in [1.54, 1.807) is 17.0 Å². The van der Waals surface area contributed by atoms with Crippen LogP contribution in [-0.2, 0) is 14.8 Å². The first-order valence-corrected chi connectivity index (χ1v) is 13.8. The van der Waals surface area contributed by atoms with Crippen molar-refractivity contribution in [3.05, 3.63) is 53.6 Å². The van der Waals surface area contributed by atoms with E-state index in [1.807, 2.05) is 25.1 Å². The molecule has 0 radical (unpaired) electrons. The molecule has 35 heavy (non-hydrogen) atoms. The molecule has 2 saturated heterocycles. The van der Waals surface area contributed by atoms with Crippen LogP contribution in [0.5, 0.6) is 11.5 Å². The Morgan fingerprint density at radius 1 is 0.914 bits per heavy atom. The molecule has 0 spiro atoms. The van der Waals surface area contributed by atoms with E-state index in [0.29, 0.717) is 50.8 Å². The predicted octanol–water partition coefficient (Wildman–Crippen LogP) is 2.83. The maximum absolute atomic E-state index is 13.1. The number of carbonyl (C=O) groups excluding carboxylic acids is 1. The number of sulfonamides is 1. The highest BCUT2D eigenvalue weighted by atomic mass is 32.2. The SMILES string of the molecule is Cc1ccc(S(=O)(=O)N2CCN(C(=O)CN3CCCC3c3ccc4c(c3)OCCCO4)CC2)cc1. The Bertz CT molecular complexity index is 1160. The summed E-state index contributed by atoms with van der Waals surface area (Å²) in [4.78, 5) is 17.5. The van der Waals surface area contributed by atoms with Gasteiger partial charge >= 0.3 is 0 Å². The van der Waals surface area contributed by atoms with Gasteiger partial charge in [0.2, 0.25) is 15.9 Å². The number of carbonyl (C=O) groups is 1. The Hall–Kier alpha value is -2.62. The second kappa shape index (κ2) is 10.2. The molecular weight excluding hydrogens is 466 g/mol. The van der Waals surface area contributed by atoms with Gasteiger partial charge in [0.25, 0.3) is 0 Å². The van der Waals surface area contributed by atoms with E-state index >= 15 is 0 Å². The molecule has 5 rings (SSSR count). The van der Waals surface area contributed by atoms with Crippen LogP contribution in [0.1, 0.15) is 36.4 Å². The Kier molecular flexibility index (Phi) is 7.00. The summed E-state index contributed by atoms with van der Waals surface area (Å²) in [5, 5.41) is 0. The van der Waals surface area contributed by atoms with E-state index < -0.39 is 10.0 Å². The molecule has 3 heterocycles. The van der Waals surface area contributed by atoms with Crippen LogP contribution in [0.15, 0.2) is 47.4 Å². The molecule has 1 atom stereocenters. The molecule has 1 unspecified atom stereocenters. The van der Waals surface area contributed by atoms with Gasteiger partial charge < -0.3 is 14.4 Å². The van der Waals surface area contributed by atoms with Crippen molar-refractivity contribution in [2.75, 3.05) is 52.5 Å². The van der Waals surface area contributed by atoms with E-state index in [2.05, 4.69) is 17.0 Å². The van der Waals surface area contributed by atoms with Crippen molar-refractivity contribution in [2.45, 2.75) is 37.1 Å². The van der Waals surface area contributed by atoms with Crippen LogP contribution in [0.25, 0.3) is 0 Å². The predicted molar refractivity (Wildman–Crippen MR) is 132 cm³/mol. The first-order chi connectivity index (χ1) is 16.9. The average molecular weight is 500 g/mol. The number of fused-ring (bicyclic) bond motifs is 1. The lowest BCUT2D eigenvalue weighted by atomic mass is 10.0. The molecule has 0 bridgehead atoms. The topological polar surface area (TPSA) is 79.4 Å². The first kappa shape index (κ1) is 24.1. The Labute approximate surface area is 207 Å². The first-order valence-electron chi connectivity index (χ1n) is 12.4. The third-order valence-corrected chi connectivity index (χ3v) is 9.02. The molecule has 2 aromatic carbocycles. The third-order valence-electron chi connectivity index (χ3n) is 7.11. The van der Waals surface area contributed by atoms with Crippen LogP contribution in [0, 0.1) is 6.92 Å². The highest BCUT2D eigenvalue weighted by Gasteiger charge is 2.33. The van der Waals surface area contributed by atoms with Gasteiger partial charge in [0, 0.05) is 38.6 Å². The molecule has 2 fully saturated rings. The molecule has 0 aromatic heterocycles. The quantitative estimate of drug-likeness (QED) is 0.630. The van der Waals surface area contributed by atoms with Crippen LogP contribution in [0.3, 0.4) is 0 Å². The molecule has 0 saturated carbocycles. The number of hydrogen-bond acceptors (Lipinski definition) is 6. The lowest BCUT2D eigenvalue weighted by molar-refractivity contribution is -0.133. The van der Waals surface area contributed by atoms with E-state index in [1.165, 1.54) is 4.31 Å². The van der Waals surface area contributed by atoms with Crippen LogP contribution < -0.4 is 9.47 Å². The summed E-state index contributed by atoms with van der Waals surface area (Å²) in [6, 6.07) is 13.2. The fourth-order valence-corrected chi connectivity index (χ4v) is 6.51. The van der Waals surface area contributed by atoms with Crippen molar-refractivity contribution in [3.8, 4) is 11.5 Å². The molecule has 1 amide bonds. The van der Waals surface area contributed by atoms with Gasteiger partial charge in [-0.3, -0.25) is 9.69 Å². The molecule has 3 aliphatic rings. The molecule has 9 heteroatoms. The summed E-state index contributed by atoms with van der Waals surface area (Å²) in [5.41, 5.74) is 2.17. The van der Waals surface area contributed by atoms with Gasteiger partial charge in [-0.25, -0.2) is 8.42 Å². The van der Waals surface area contributed by atoms with Crippen LogP contribution in [-0.4, -0.2) is 80.9 Å². The lowest BCUT2D eigenvalue weighted by Gasteiger charge is -2.35. The maximum atomic E-state index is 13.1. The van der Waals surface area contributed by atoms with Gasteiger partial charge in [0.15, 0.2) is 11.5 Å². The van der Waals surface area contributed by atoms with E-state index in [-0.39, 0.29) is 11.9 Å². The lowest BCUT2D eigenvalue weighted by Crippen LogP contribution is -2.52. The second-order valence-electron chi connectivity index (χ2n) is 9.48. The van der Waals surface area contributed by atoms with Gasteiger partial charge in [-0.15, -0.1) is 0 Å². The van der Waals surface area contributed by atoms with Crippen molar-refractivity contribution in [1.29, 1.82) is 0 Å². The molecule has 188 valence electrons. The highest BCUT2D eigenvalue weighted by Crippen LogP contribution is 2.37. The number of amides is 1. The van der Waals surface area contributed by atoms with Crippen molar-refractivity contribution in [3.63, 3.8) is 0 Å². The van der Waals surface area contributed by atoms with Crippen molar-refractivity contribution >= 4 is 15.9 Å². The van der Waals surface area contributed by atoms with Gasteiger partial charge in [0.05, 0.1) is 24.7 Å². The molecule has 3 aliphatic heterocycles. The Morgan fingerprint density at radius 3 is 2.37 bits per heavy atom. The normalized spacial score (nSPS) is 21.6. The number of piperazine rings is 1. The van der Waals surface area contributed by atoms with Crippen LogP contribution in [0.4, 0.5) is 0 Å². The number of aryl methyl sites for hydroxylation is 1. The zero-order valence-electron chi connectivity index (χ0n) is 20.2. The molecule has 8 nitrogen and oxygen atoms in total.